The lowest BCUT2D eigenvalue weighted by atomic mass is 9.84. The summed E-state index contributed by atoms with van der Waals surface area (Å²) >= 11 is 0. The van der Waals surface area contributed by atoms with E-state index in [9.17, 15) is 9.90 Å². The van der Waals surface area contributed by atoms with Crippen molar-refractivity contribution in [2.75, 3.05) is 20.2 Å². The van der Waals surface area contributed by atoms with E-state index in [-0.39, 0.29) is 6.61 Å². The van der Waals surface area contributed by atoms with Crippen molar-refractivity contribution in [3.05, 3.63) is 64.7 Å². The summed E-state index contributed by atoms with van der Waals surface area (Å²) in [6.45, 7) is 5.61. The van der Waals surface area contributed by atoms with Crippen molar-refractivity contribution in [1.82, 2.24) is 4.90 Å². The minimum Gasteiger partial charge on any atom is -0.496 e. The zero-order valence-electron chi connectivity index (χ0n) is 17.6. The molecule has 0 aromatic heterocycles. The van der Waals surface area contributed by atoms with Gasteiger partial charge in [-0.15, -0.1) is 0 Å². The first-order chi connectivity index (χ1) is 14.1. The topological polar surface area (TPSA) is 49.8 Å². The Bertz CT molecular complexity index is 782. The monoisotopic (exact) mass is 395 g/mol. The Balaban J connectivity index is 1.52. The maximum Gasteiger partial charge on any atom is 0.153 e. The van der Waals surface area contributed by atoms with Crippen molar-refractivity contribution in [3.8, 4) is 5.75 Å². The molecule has 1 unspecified atom stereocenters. The van der Waals surface area contributed by atoms with Crippen molar-refractivity contribution < 1.29 is 14.6 Å². The number of piperidine rings is 1. The lowest BCUT2D eigenvalue weighted by Gasteiger charge is -2.33. The van der Waals surface area contributed by atoms with Gasteiger partial charge >= 0.3 is 0 Å². The molecule has 2 aromatic carbocycles. The smallest absolute Gasteiger partial charge is 0.153 e. The Morgan fingerprint density at radius 1 is 1.17 bits per heavy atom. The molecule has 29 heavy (non-hydrogen) atoms. The normalized spacial score (nSPS) is 16.5. The summed E-state index contributed by atoms with van der Waals surface area (Å²) in [4.78, 5) is 13.9. The van der Waals surface area contributed by atoms with Gasteiger partial charge in [0.25, 0.3) is 0 Å². The number of methoxy groups -OCH3 is 1. The summed E-state index contributed by atoms with van der Waals surface area (Å²) in [5.41, 5.74) is 3.86. The Labute approximate surface area is 174 Å². The van der Waals surface area contributed by atoms with Crippen LogP contribution in [0.5, 0.6) is 5.75 Å². The van der Waals surface area contributed by atoms with Crippen LogP contribution in [0.15, 0.2) is 42.5 Å². The van der Waals surface area contributed by atoms with Crippen LogP contribution in [0.25, 0.3) is 0 Å². The summed E-state index contributed by atoms with van der Waals surface area (Å²) in [5.74, 6) is 1.79. The van der Waals surface area contributed by atoms with E-state index >= 15 is 0 Å². The summed E-state index contributed by atoms with van der Waals surface area (Å²) in [7, 11) is 1.55. The molecule has 1 N–H and O–H groups in total. The highest BCUT2D eigenvalue weighted by Crippen LogP contribution is 2.29. The maximum absolute atomic E-state index is 11.4. The second kappa shape index (κ2) is 10.6. The highest BCUT2D eigenvalue weighted by Gasteiger charge is 2.22. The molecule has 2 aromatic rings. The van der Waals surface area contributed by atoms with Crippen LogP contribution < -0.4 is 4.74 Å². The Morgan fingerprint density at radius 3 is 2.52 bits per heavy atom. The van der Waals surface area contributed by atoms with Crippen LogP contribution in [0.1, 0.15) is 53.2 Å². The van der Waals surface area contributed by atoms with Crippen molar-refractivity contribution in [3.63, 3.8) is 0 Å². The quantitative estimate of drug-likeness (QED) is 0.636. The van der Waals surface area contributed by atoms with E-state index in [1.807, 2.05) is 6.07 Å². The molecule has 0 amide bonds. The Hall–Kier alpha value is -2.17. The van der Waals surface area contributed by atoms with Crippen LogP contribution in [0.4, 0.5) is 0 Å². The van der Waals surface area contributed by atoms with Gasteiger partial charge in [0, 0.05) is 6.54 Å². The standard InChI is InChI=1S/C25H33NO3/c1-19(13-22-14-24(18-28)25(29-2)15-23(22)17-27)12-20-8-10-26(11-9-20)16-21-6-4-3-5-7-21/h3-7,14-15,18-20,27H,8-13,16-17H2,1-2H3. The third-order valence-corrected chi connectivity index (χ3v) is 6.11. The Morgan fingerprint density at radius 2 is 1.90 bits per heavy atom. The van der Waals surface area contributed by atoms with Crippen LogP contribution in [0.2, 0.25) is 0 Å². The summed E-state index contributed by atoms with van der Waals surface area (Å²) < 4.78 is 5.27. The van der Waals surface area contributed by atoms with Crippen molar-refractivity contribution in [2.45, 2.75) is 45.8 Å². The van der Waals surface area contributed by atoms with E-state index in [0.29, 0.717) is 17.2 Å². The third kappa shape index (κ3) is 5.91. The molecule has 1 saturated heterocycles. The molecule has 3 rings (SSSR count). The van der Waals surface area contributed by atoms with Crippen LogP contribution in [-0.2, 0) is 19.6 Å². The molecule has 4 heteroatoms. The summed E-state index contributed by atoms with van der Waals surface area (Å²) in [6.07, 6.45) is 5.38. The second-order valence-electron chi connectivity index (χ2n) is 8.39. The first kappa shape index (κ1) is 21.5. The SMILES string of the molecule is COc1cc(CO)c(CC(C)CC2CCN(Cc3ccccc3)CC2)cc1C=O. The van der Waals surface area contributed by atoms with Gasteiger partial charge in [0.05, 0.1) is 19.3 Å². The van der Waals surface area contributed by atoms with Gasteiger partial charge in [-0.3, -0.25) is 9.69 Å². The van der Waals surface area contributed by atoms with Gasteiger partial charge in [0.2, 0.25) is 0 Å². The molecular weight excluding hydrogens is 362 g/mol. The van der Waals surface area contributed by atoms with E-state index in [0.717, 1.165) is 49.4 Å². The lowest BCUT2D eigenvalue weighted by Crippen LogP contribution is -2.33. The van der Waals surface area contributed by atoms with Gasteiger partial charge in [0.15, 0.2) is 6.29 Å². The van der Waals surface area contributed by atoms with Crippen molar-refractivity contribution in [1.29, 1.82) is 0 Å². The van der Waals surface area contributed by atoms with Gasteiger partial charge in [-0.2, -0.15) is 0 Å². The fourth-order valence-electron chi connectivity index (χ4n) is 4.54. The molecular formula is C25H33NO3. The average molecular weight is 396 g/mol. The summed E-state index contributed by atoms with van der Waals surface area (Å²) in [6, 6.07) is 14.4. The molecule has 1 heterocycles. The molecule has 1 aliphatic rings. The molecule has 156 valence electrons. The van der Waals surface area contributed by atoms with Crippen LogP contribution in [-0.4, -0.2) is 36.5 Å². The fraction of sp³-hybridized carbons (Fsp3) is 0.480. The predicted molar refractivity (Wildman–Crippen MR) is 116 cm³/mol. The Kier molecular flexibility index (Phi) is 7.84. The zero-order valence-corrected chi connectivity index (χ0v) is 17.6. The van der Waals surface area contributed by atoms with Gasteiger partial charge in [-0.1, -0.05) is 37.3 Å². The van der Waals surface area contributed by atoms with E-state index < -0.39 is 0 Å². The molecule has 1 aliphatic heterocycles. The predicted octanol–water partition coefficient (Wildman–Crippen LogP) is 4.48. The number of nitrogens with zero attached hydrogens (tertiary/aromatic N) is 1. The highest BCUT2D eigenvalue weighted by molar-refractivity contribution is 5.80. The highest BCUT2D eigenvalue weighted by atomic mass is 16.5. The average Bonchev–Trinajstić information content (AvgIpc) is 2.75. The number of hydrogen-bond acceptors (Lipinski definition) is 4. The molecule has 0 saturated carbocycles. The second-order valence-corrected chi connectivity index (χ2v) is 8.39. The third-order valence-electron chi connectivity index (χ3n) is 6.11. The number of benzene rings is 2. The van der Waals surface area contributed by atoms with E-state index in [4.69, 9.17) is 4.74 Å². The zero-order chi connectivity index (χ0) is 20.6. The van der Waals surface area contributed by atoms with Crippen molar-refractivity contribution >= 4 is 6.29 Å². The number of carbonyl (C=O) groups excluding carboxylic acids is 1. The van der Waals surface area contributed by atoms with E-state index in [1.165, 1.54) is 24.8 Å². The molecule has 0 spiro atoms. The largest absolute Gasteiger partial charge is 0.496 e. The minimum atomic E-state index is -0.0323. The van der Waals surface area contributed by atoms with Crippen LogP contribution in [0, 0.1) is 11.8 Å². The van der Waals surface area contributed by atoms with Gasteiger partial charge in [0.1, 0.15) is 5.75 Å². The lowest BCUT2D eigenvalue weighted by molar-refractivity contribution is 0.112. The van der Waals surface area contributed by atoms with Crippen LogP contribution in [0.3, 0.4) is 0 Å². The first-order valence-electron chi connectivity index (χ1n) is 10.6. The van der Waals surface area contributed by atoms with E-state index in [1.54, 1.807) is 13.2 Å². The number of aliphatic hydroxyl groups excluding tert-OH is 1. The molecule has 1 fully saturated rings. The summed E-state index contributed by atoms with van der Waals surface area (Å²) in [5, 5.41) is 9.74. The van der Waals surface area contributed by atoms with Gasteiger partial charge in [-0.05, 0) is 79.4 Å². The number of aliphatic hydroxyl groups is 1. The van der Waals surface area contributed by atoms with Gasteiger partial charge < -0.3 is 9.84 Å². The number of rotatable bonds is 9. The number of likely N-dealkylation sites (tertiary alicyclic amines) is 1. The number of ether oxygens (including phenoxy) is 1. The van der Waals surface area contributed by atoms with Crippen molar-refractivity contribution in [2.24, 2.45) is 11.8 Å². The molecule has 0 aliphatic carbocycles. The number of carbonyl (C=O) groups is 1. The van der Waals surface area contributed by atoms with Gasteiger partial charge in [-0.25, -0.2) is 0 Å². The number of hydrogen-bond donors (Lipinski definition) is 1. The molecule has 0 bridgehead atoms. The van der Waals surface area contributed by atoms with E-state index in [2.05, 4.69) is 42.2 Å². The fourth-order valence-corrected chi connectivity index (χ4v) is 4.54. The number of aldehydes is 1. The minimum absolute atomic E-state index is 0.0323. The molecule has 0 radical (unpaired) electrons. The maximum atomic E-state index is 11.4. The van der Waals surface area contributed by atoms with Crippen LogP contribution >= 0.6 is 0 Å². The first-order valence-corrected chi connectivity index (χ1v) is 10.6. The molecule has 1 atom stereocenters. The molecule has 4 nitrogen and oxygen atoms in total.